The second-order valence-corrected chi connectivity index (χ2v) is 7.28. The fourth-order valence-corrected chi connectivity index (χ4v) is 3.71. The summed E-state index contributed by atoms with van der Waals surface area (Å²) in [6.45, 7) is 6.04. The molecule has 1 aromatic carbocycles. The number of aryl methyl sites for hydroxylation is 2. The van der Waals surface area contributed by atoms with Crippen molar-refractivity contribution in [1.29, 1.82) is 0 Å². The van der Waals surface area contributed by atoms with Crippen LogP contribution in [0, 0.1) is 13.8 Å². The Morgan fingerprint density at radius 1 is 1.43 bits per heavy atom. The number of fused-ring (bicyclic) bond motifs is 1. The molecule has 0 aliphatic rings. The lowest BCUT2D eigenvalue weighted by atomic mass is 10.2. The highest BCUT2D eigenvalue weighted by molar-refractivity contribution is 7.18. The summed E-state index contributed by atoms with van der Waals surface area (Å²) in [5, 5.41) is 14.5. The molecule has 9 heteroatoms. The number of phenols is 1. The zero-order valence-corrected chi connectivity index (χ0v) is 16.5. The number of hydrogen-bond donors (Lipinski definition) is 3. The zero-order valence-electron chi connectivity index (χ0n) is 15.7. The summed E-state index contributed by atoms with van der Waals surface area (Å²) in [6.07, 6.45) is 1.20. The number of para-hydroxylation sites is 1. The van der Waals surface area contributed by atoms with E-state index >= 15 is 0 Å². The third-order valence-corrected chi connectivity index (χ3v) is 5.24. The Morgan fingerprint density at radius 3 is 2.96 bits per heavy atom. The molecule has 3 rings (SSSR count). The fourth-order valence-electron chi connectivity index (χ4n) is 2.66. The van der Waals surface area contributed by atoms with Crippen LogP contribution < -0.4 is 15.7 Å². The maximum atomic E-state index is 12.2. The first kappa shape index (κ1) is 19.6. The number of nitrogens with zero attached hydrogens (tertiary/aromatic N) is 2. The first-order valence-corrected chi connectivity index (χ1v) is 9.48. The number of aromatic hydroxyl groups is 1. The summed E-state index contributed by atoms with van der Waals surface area (Å²) < 4.78 is 5.30. The average Bonchev–Trinajstić information content (AvgIpc) is 2.92. The van der Waals surface area contributed by atoms with E-state index in [-0.39, 0.29) is 23.6 Å². The largest absolute Gasteiger partial charge is 0.504 e. The lowest BCUT2D eigenvalue weighted by Gasteiger charge is -2.07. The molecule has 146 valence electrons. The quantitative estimate of drug-likeness (QED) is 0.434. The number of ether oxygens (including phenoxy) is 1. The van der Waals surface area contributed by atoms with Gasteiger partial charge in [0.1, 0.15) is 10.7 Å². The van der Waals surface area contributed by atoms with Gasteiger partial charge in [0.15, 0.2) is 11.5 Å². The number of thiophene rings is 1. The van der Waals surface area contributed by atoms with Gasteiger partial charge < -0.3 is 14.8 Å². The summed E-state index contributed by atoms with van der Waals surface area (Å²) in [5.41, 5.74) is 3.42. The molecule has 0 saturated carbocycles. The van der Waals surface area contributed by atoms with Crippen molar-refractivity contribution in [2.45, 2.75) is 27.2 Å². The Morgan fingerprint density at radius 2 is 2.21 bits per heavy atom. The second kappa shape index (κ2) is 8.22. The molecule has 0 atom stereocenters. The zero-order chi connectivity index (χ0) is 20.3. The van der Waals surface area contributed by atoms with E-state index in [9.17, 15) is 14.7 Å². The topological polar surface area (TPSA) is 117 Å². The van der Waals surface area contributed by atoms with Gasteiger partial charge in [-0.1, -0.05) is 6.07 Å². The minimum absolute atomic E-state index is 0.0535. The van der Waals surface area contributed by atoms with Crippen LogP contribution in [0.2, 0.25) is 0 Å². The molecule has 2 aromatic heterocycles. The van der Waals surface area contributed by atoms with Crippen molar-refractivity contribution in [2.24, 2.45) is 5.10 Å². The molecule has 0 fully saturated rings. The first-order chi connectivity index (χ1) is 13.4. The molecule has 1 amide bonds. The molecule has 0 aliphatic carbocycles. The summed E-state index contributed by atoms with van der Waals surface area (Å²) in [5.74, 6) is 0.119. The number of carbonyl (C=O) groups excluding carboxylic acids is 1. The number of H-pyrrole nitrogens is 1. The summed E-state index contributed by atoms with van der Waals surface area (Å²) in [7, 11) is 0. The molecule has 3 N–H and O–H groups in total. The number of aromatic nitrogens is 2. The van der Waals surface area contributed by atoms with Gasteiger partial charge in [-0.15, -0.1) is 11.3 Å². The number of phenolic OH excluding ortho intramolecular Hbond substituents is 1. The van der Waals surface area contributed by atoms with Gasteiger partial charge in [-0.3, -0.25) is 9.59 Å². The van der Waals surface area contributed by atoms with Crippen LogP contribution in [-0.2, 0) is 11.2 Å². The smallest absolute Gasteiger partial charge is 0.259 e. The Balaban J connectivity index is 1.70. The molecule has 2 heterocycles. The molecule has 28 heavy (non-hydrogen) atoms. The third kappa shape index (κ3) is 4.04. The van der Waals surface area contributed by atoms with Gasteiger partial charge in [-0.2, -0.15) is 5.10 Å². The van der Waals surface area contributed by atoms with E-state index in [1.807, 2.05) is 20.8 Å². The maximum absolute atomic E-state index is 12.2. The van der Waals surface area contributed by atoms with Gasteiger partial charge >= 0.3 is 0 Å². The normalized spacial score (nSPS) is 11.2. The van der Waals surface area contributed by atoms with E-state index in [1.54, 1.807) is 18.2 Å². The highest BCUT2D eigenvalue weighted by Crippen LogP contribution is 2.28. The predicted molar refractivity (Wildman–Crippen MR) is 108 cm³/mol. The van der Waals surface area contributed by atoms with Crippen LogP contribution in [0.4, 0.5) is 0 Å². The summed E-state index contributed by atoms with van der Waals surface area (Å²) in [4.78, 5) is 33.0. The first-order valence-electron chi connectivity index (χ1n) is 8.66. The third-order valence-electron chi connectivity index (χ3n) is 4.14. The van der Waals surface area contributed by atoms with Crippen LogP contribution in [0.15, 0.2) is 28.1 Å². The Labute approximate surface area is 164 Å². The van der Waals surface area contributed by atoms with Gasteiger partial charge in [0.05, 0.1) is 24.6 Å². The Bertz CT molecular complexity index is 1120. The minimum Gasteiger partial charge on any atom is -0.504 e. The van der Waals surface area contributed by atoms with E-state index in [1.165, 1.54) is 17.6 Å². The van der Waals surface area contributed by atoms with E-state index in [2.05, 4.69) is 20.5 Å². The molecule has 0 radical (unpaired) electrons. The standard InChI is InChI=1S/C19H20N4O4S/c1-4-27-13-7-5-6-12(17(13)25)9-20-23-15(24)8-14-21-18(26)16-10(2)11(3)28-19(16)22-14/h5-7,9,25H,4,8H2,1-3H3,(H,23,24)(H,21,22,26)/b20-9+. The summed E-state index contributed by atoms with van der Waals surface area (Å²) >= 11 is 1.42. The average molecular weight is 400 g/mol. The van der Waals surface area contributed by atoms with Crippen molar-refractivity contribution < 1.29 is 14.6 Å². The lowest BCUT2D eigenvalue weighted by molar-refractivity contribution is -0.120. The number of hydrogen-bond acceptors (Lipinski definition) is 7. The van der Waals surface area contributed by atoms with Crippen molar-refractivity contribution in [1.82, 2.24) is 15.4 Å². The van der Waals surface area contributed by atoms with Crippen molar-refractivity contribution in [3.05, 3.63) is 50.4 Å². The molecular formula is C19H20N4O4S. The van der Waals surface area contributed by atoms with E-state index in [0.717, 1.165) is 10.4 Å². The maximum Gasteiger partial charge on any atom is 0.259 e. The number of benzene rings is 1. The second-order valence-electron chi connectivity index (χ2n) is 6.07. The molecule has 0 saturated heterocycles. The number of rotatable bonds is 6. The number of carbonyl (C=O) groups is 1. The molecule has 0 unspecified atom stereocenters. The van der Waals surface area contributed by atoms with Crippen LogP contribution in [-0.4, -0.2) is 33.8 Å². The van der Waals surface area contributed by atoms with Crippen LogP contribution >= 0.6 is 11.3 Å². The predicted octanol–water partition coefficient (Wildman–Crippen LogP) is 2.40. The Hall–Kier alpha value is -3.20. The van der Waals surface area contributed by atoms with Gasteiger partial charge in [0.2, 0.25) is 5.91 Å². The minimum atomic E-state index is -0.441. The van der Waals surface area contributed by atoms with Crippen LogP contribution in [0.5, 0.6) is 11.5 Å². The van der Waals surface area contributed by atoms with Crippen molar-refractivity contribution in [2.75, 3.05) is 6.61 Å². The van der Waals surface area contributed by atoms with Gasteiger partial charge in [0, 0.05) is 10.4 Å². The molecule has 0 bridgehead atoms. The lowest BCUT2D eigenvalue weighted by Crippen LogP contribution is -2.23. The molecule has 0 spiro atoms. The fraction of sp³-hybridized carbons (Fsp3) is 0.263. The molecule has 0 aliphatic heterocycles. The summed E-state index contributed by atoms with van der Waals surface area (Å²) in [6, 6.07) is 4.99. The van der Waals surface area contributed by atoms with Gasteiger partial charge in [-0.25, -0.2) is 10.4 Å². The number of amides is 1. The van der Waals surface area contributed by atoms with E-state index in [0.29, 0.717) is 28.1 Å². The highest BCUT2D eigenvalue weighted by atomic mass is 32.1. The molecule has 8 nitrogen and oxygen atoms in total. The molecular weight excluding hydrogens is 380 g/mol. The number of aromatic amines is 1. The van der Waals surface area contributed by atoms with Gasteiger partial charge in [-0.05, 0) is 38.5 Å². The van der Waals surface area contributed by atoms with E-state index in [4.69, 9.17) is 4.74 Å². The number of nitrogens with one attached hydrogen (secondary N) is 2. The van der Waals surface area contributed by atoms with E-state index < -0.39 is 5.91 Å². The van der Waals surface area contributed by atoms with Crippen molar-refractivity contribution >= 4 is 33.7 Å². The highest BCUT2D eigenvalue weighted by Gasteiger charge is 2.13. The van der Waals surface area contributed by atoms with Gasteiger partial charge in [0.25, 0.3) is 5.56 Å². The van der Waals surface area contributed by atoms with Crippen LogP contribution in [0.1, 0.15) is 28.8 Å². The SMILES string of the molecule is CCOc1cccc(/C=N/NC(=O)Cc2nc3sc(C)c(C)c3c(=O)[nH]2)c1O. The Kier molecular flexibility index (Phi) is 5.74. The van der Waals surface area contributed by atoms with Crippen LogP contribution in [0.25, 0.3) is 10.2 Å². The molecule has 3 aromatic rings. The van der Waals surface area contributed by atoms with Crippen LogP contribution in [0.3, 0.4) is 0 Å². The monoisotopic (exact) mass is 400 g/mol. The van der Waals surface area contributed by atoms with Crippen molar-refractivity contribution in [3.63, 3.8) is 0 Å². The number of hydrazone groups is 1. The van der Waals surface area contributed by atoms with Crippen molar-refractivity contribution in [3.8, 4) is 11.5 Å².